The number of urea groups is 1. The number of aliphatic hydroxyl groups is 1. The number of carbonyl (C=O) groups excluding carboxylic acids is 2. The molecule has 0 bridgehead atoms. The van der Waals surface area contributed by atoms with E-state index in [4.69, 9.17) is 5.11 Å². The van der Waals surface area contributed by atoms with Crippen molar-refractivity contribution in [1.82, 2.24) is 15.1 Å². The summed E-state index contributed by atoms with van der Waals surface area (Å²) in [7, 11) is 0. The van der Waals surface area contributed by atoms with Crippen molar-refractivity contribution in [2.24, 2.45) is 0 Å². The van der Waals surface area contributed by atoms with Gasteiger partial charge in [0, 0.05) is 26.1 Å². The third-order valence-corrected chi connectivity index (χ3v) is 3.17. The van der Waals surface area contributed by atoms with Crippen LogP contribution in [0.2, 0.25) is 0 Å². The summed E-state index contributed by atoms with van der Waals surface area (Å²) < 4.78 is 0. The number of aliphatic hydroxyl groups excluding tert-OH is 1. The number of likely N-dealkylation sites (N-methyl/N-ethyl adjacent to an activating group) is 2. The normalized spacial score (nSPS) is 21.6. The quantitative estimate of drug-likeness (QED) is 0.606. The zero-order valence-electron chi connectivity index (χ0n) is 11.7. The van der Waals surface area contributed by atoms with Gasteiger partial charge in [0.25, 0.3) is 0 Å². The zero-order valence-corrected chi connectivity index (χ0v) is 11.7. The van der Waals surface area contributed by atoms with E-state index in [-0.39, 0.29) is 32.0 Å². The molecule has 114 valence electrons. The standard InChI is InChI=1S/C12H21N3O5/c1-3-13-10(17)7-14(4-2)12(20)15-6-8(16)5-9(15)11(18)19/h8-9,16H,3-7H2,1-2H3,(H,13,17)(H,18,19). The van der Waals surface area contributed by atoms with Gasteiger partial charge in [-0.3, -0.25) is 4.79 Å². The second-order valence-electron chi connectivity index (χ2n) is 4.65. The summed E-state index contributed by atoms with van der Waals surface area (Å²) in [5.41, 5.74) is 0. The molecule has 0 saturated carbocycles. The first-order valence-electron chi connectivity index (χ1n) is 6.63. The van der Waals surface area contributed by atoms with E-state index in [1.807, 2.05) is 0 Å². The number of nitrogens with one attached hydrogen (secondary N) is 1. The summed E-state index contributed by atoms with van der Waals surface area (Å²) in [5.74, 6) is -1.45. The highest BCUT2D eigenvalue weighted by molar-refractivity contribution is 5.87. The van der Waals surface area contributed by atoms with Crippen LogP contribution in [0.25, 0.3) is 0 Å². The van der Waals surface area contributed by atoms with Crippen LogP contribution in [-0.4, -0.2) is 76.2 Å². The van der Waals surface area contributed by atoms with E-state index < -0.39 is 24.1 Å². The van der Waals surface area contributed by atoms with Gasteiger partial charge in [-0.2, -0.15) is 0 Å². The van der Waals surface area contributed by atoms with E-state index in [1.165, 1.54) is 4.90 Å². The van der Waals surface area contributed by atoms with Gasteiger partial charge in [0.2, 0.25) is 5.91 Å². The van der Waals surface area contributed by atoms with E-state index in [2.05, 4.69) is 5.32 Å². The summed E-state index contributed by atoms with van der Waals surface area (Å²) >= 11 is 0. The van der Waals surface area contributed by atoms with Crippen LogP contribution in [0.1, 0.15) is 20.3 Å². The Kier molecular flexibility index (Phi) is 5.75. The number of amides is 3. The summed E-state index contributed by atoms with van der Waals surface area (Å²) in [5, 5.41) is 21.2. The summed E-state index contributed by atoms with van der Waals surface area (Å²) in [6.45, 7) is 4.08. The lowest BCUT2D eigenvalue weighted by molar-refractivity contribution is -0.141. The average Bonchev–Trinajstić information content (AvgIpc) is 2.78. The number of carboxylic acids is 1. The fourth-order valence-electron chi connectivity index (χ4n) is 2.18. The smallest absolute Gasteiger partial charge is 0.326 e. The van der Waals surface area contributed by atoms with Crippen molar-refractivity contribution in [3.8, 4) is 0 Å². The lowest BCUT2D eigenvalue weighted by atomic mass is 10.2. The summed E-state index contributed by atoms with van der Waals surface area (Å²) in [6.07, 6.45) is -0.831. The maximum atomic E-state index is 12.3. The Morgan fingerprint density at radius 3 is 2.50 bits per heavy atom. The minimum atomic E-state index is -1.15. The fourth-order valence-corrected chi connectivity index (χ4v) is 2.18. The first-order chi connectivity index (χ1) is 9.40. The number of nitrogens with zero attached hydrogens (tertiary/aromatic N) is 2. The van der Waals surface area contributed by atoms with Crippen LogP contribution in [0.4, 0.5) is 4.79 Å². The molecule has 0 aromatic carbocycles. The molecule has 1 rings (SSSR count). The lowest BCUT2D eigenvalue weighted by Crippen LogP contribution is -2.50. The molecule has 1 aliphatic heterocycles. The number of carboxylic acid groups (broad SMARTS) is 1. The number of hydrogen-bond acceptors (Lipinski definition) is 4. The van der Waals surface area contributed by atoms with E-state index in [0.717, 1.165) is 4.90 Å². The molecule has 8 heteroatoms. The number of rotatable bonds is 5. The molecule has 2 unspecified atom stereocenters. The maximum absolute atomic E-state index is 12.3. The summed E-state index contributed by atoms with van der Waals surface area (Å²) in [6, 6.07) is -1.58. The first-order valence-corrected chi connectivity index (χ1v) is 6.63. The van der Waals surface area contributed by atoms with Crippen LogP contribution in [0.5, 0.6) is 0 Å². The minimum Gasteiger partial charge on any atom is -0.480 e. The van der Waals surface area contributed by atoms with E-state index in [0.29, 0.717) is 6.54 Å². The molecule has 0 radical (unpaired) electrons. The van der Waals surface area contributed by atoms with Crippen LogP contribution >= 0.6 is 0 Å². The predicted molar refractivity (Wildman–Crippen MR) is 70.1 cm³/mol. The Bertz CT molecular complexity index is 387. The number of carbonyl (C=O) groups is 3. The third kappa shape index (κ3) is 3.83. The van der Waals surface area contributed by atoms with Gasteiger partial charge in [-0.1, -0.05) is 0 Å². The van der Waals surface area contributed by atoms with Gasteiger partial charge in [-0.05, 0) is 13.8 Å². The largest absolute Gasteiger partial charge is 0.480 e. The van der Waals surface area contributed by atoms with Crippen LogP contribution in [0.15, 0.2) is 0 Å². The number of hydrogen-bond donors (Lipinski definition) is 3. The molecule has 0 spiro atoms. The van der Waals surface area contributed by atoms with Crippen LogP contribution in [0, 0.1) is 0 Å². The second kappa shape index (κ2) is 7.09. The molecule has 0 aliphatic carbocycles. The van der Waals surface area contributed by atoms with Gasteiger partial charge in [0.05, 0.1) is 6.10 Å². The highest BCUT2D eigenvalue weighted by Crippen LogP contribution is 2.19. The molecule has 3 amide bonds. The molecule has 0 aromatic rings. The van der Waals surface area contributed by atoms with Gasteiger partial charge in [0.1, 0.15) is 12.6 Å². The molecule has 3 N–H and O–H groups in total. The third-order valence-electron chi connectivity index (χ3n) is 3.17. The SMILES string of the molecule is CCNC(=O)CN(CC)C(=O)N1CC(O)CC1C(=O)O. The molecule has 8 nitrogen and oxygen atoms in total. The molecule has 1 aliphatic rings. The Hall–Kier alpha value is -1.83. The lowest BCUT2D eigenvalue weighted by Gasteiger charge is -2.29. The number of β-amino-alcohol motifs (C(OH)–C–C–N with tert-alkyl or cyclic N) is 1. The molecular weight excluding hydrogens is 266 g/mol. The van der Waals surface area contributed by atoms with Gasteiger partial charge in [-0.15, -0.1) is 0 Å². The van der Waals surface area contributed by atoms with Crippen molar-refractivity contribution in [3.05, 3.63) is 0 Å². The molecule has 20 heavy (non-hydrogen) atoms. The molecule has 0 aromatic heterocycles. The highest BCUT2D eigenvalue weighted by Gasteiger charge is 2.40. The van der Waals surface area contributed by atoms with Crippen LogP contribution in [0.3, 0.4) is 0 Å². The maximum Gasteiger partial charge on any atom is 0.326 e. The van der Waals surface area contributed by atoms with Gasteiger partial charge in [0.15, 0.2) is 0 Å². The molecule has 1 heterocycles. The fraction of sp³-hybridized carbons (Fsp3) is 0.750. The first kappa shape index (κ1) is 16.2. The van der Waals surface area contributed by atoms with Gasteiger partial charge in [-0.25, -0.2) is 9.59 Å². The topological polar surface area (TPSA) is 110 Å². The minimum absolute atomic E-state index is 0.0137. The van der Waals surface area contributed by atoms with Gasteiger partial charge >= 0.3 is 12.0 Å². The van der Waals surface area contributed by atoms with E-state index in [1.54, 1.807) is 13.8 Å². The van der Waals surface area contributed by atoms with Crippen molar-refractivity contribution < 1.29 is 24.6 Å². The van der Waals surface area contributed by atoms with Crippen molar-refractivity contribution in [3.63, 3.8) is 0 Å². The zero-order chi connectivity index (χ0) is 15.3. The van der Waals surface area contributed by atoms with Crippen LogP contribution in [-0.2, 0) is 9.59 Å². The van der Waals surface area contributed by atoms with Crippen LogP contribution < -0.4 is 5.32 Å². The van der Waals surface area contributed by atoms with Crippen molar-refractivity contribution in [2.75, 3.05) is 26.2 Å². The van der Waals surface area contributed by atoms with Crippen molar-refractivity contribution in [1.29, 1.82) is 0 Å². The Morgan fingerprint density at radius 2 is 2.00 bits per heavy atom. The molecule has 1 saturated heterocycles. The number of likely N-dealkylation sites (tertiary alicyclic amines) is 1. The second-order valence-corrected chi connectivity index (χ2v) is 4.65. The summed E-state index contributed by atoms with van der Waals surface area (Å²) in [4.78, 5) is 37.3. The molecule has 2 atom stereocenters. The monoisotopic (exact) mass is 287 g/mol. The molecule has 1 fully saturated rings. The highest BCUT2D eigenvalue weighted by atomic mass is 16.4. The average molecular weight is 287 g/mol. The predicted octanol–water partition coefficient (Wildman–Crippen LogP) is -0.916. The Morgan fingerprint density at radius 1 is 1.35 bits per heavy atom. The van der Waals surface area contributed by atoms with Crippen molar-refractivity contribution in [2.45, 2.75) is 32.4 Å². The van der Waals surface area contributed by atoms with E-state index in [9.17, 15) is 19.5 Å². The Labute approximate surface area is 117 Å². The Balaban J connectivity index is 2.74. The number of aliphatic carboxylic acids is 1. The molecular formula is C12H21N3O5. The van der Waals surface area contributed by atoms with E-state index >= 15 is 0 Å². The van der Waals surface area contributed by atoms with Gasteiger partial charge < -0.3 is 25.3 Å². The van der Waals surface area contributed by atoms with Crippen molar-refractivity contribution >= 4 is 17.9 Å².